The number of benzene rings is 1. The molecule has 0 radical (unpaired) electrons. The summed E-state index contributed by atoms with van der Waals surface area (Å²) in [7, 11) is -3.37. The number of nitrogens with zero attached hydrogens (tertiary/aromatic N) is 1. The third kappa shape index (κ3) is 7.56. The fraction of sp³-hybridized carbons (Fsp3) is 0.571. The van der Waals surface area contributed by atoms with E-state index in [0.29, 0.717) is 19.8 Å². The number of hydrogen-bond acceptors (Lipinski definition) is 7. The molecule has 23 heavy (non-hydrogen) atoms. The zero-order chi connectivity index (χ0) is 17.1. The summed E-state index contributed by atoms with van der Waals surface area (Å²) in [5.41, 5.74) is -0.0668. The van der Waals surface area contributed by atoms with Gasteiger partial charge in [0.1, 0.15) is 5.75 Å². The van der Waals surface area contributed by atoms with Crippen LogP contribution < -0.4 is 4.52 Å². The van der Waals surface area contributed by atoms with Crippen LogP contribution in [0.4, 0.5) is 5.69 Å². The first-order valence-corrected chi connectivity index (χ1v) is 9.06. The Balaban J connectivity index is 2.54. The van der Waals surface area contributed by atoms with Gasteiger partial charge < -0.3 is 18.5 Å². The van der Waals surface area contributed by atoms with Gasteiger partial charge in [-0.3, -0.25) is 10.1 Å². The summed E-state index contributed by atoms with van der Waals surface area (Å²) < 4.78 is 33.7. The first-order chi connectivity index (χ1) is 11.0. The highest BCUT2D eigenvalue weighted by Crippen LogP contribution is 2.48. The lowest BCUT2D eigenvalue weighted by Gasteiger charge is -2.18. The smallest absolute Gasteiger partial charge is 0.381 e. The van der Waals surface area contributed by atoms with Crippen molar-refractivity contribution in [3.63, 3.8) is 0 Å². The van der Waals surface area contributed by atoms with Gasteiger partial charge in [-0.1, -0.05) is 0 Å². The predicted molar refractivity (Wildman–Crippen MR) is 85.1 cm³/mol. The summed E-state index contributed by atoms with van der Waals surface area (Å²) in [4.78, 5) is 10.1. The van der Waals surface area contributed by atoms with Crippen molar-refractivity contribution in [1.82, 2.24) is 0 Å². The quantitative estimate of drug-likeness (QED) is 0.248. The first-order valence-electron chi connectivity index (χ1n) is 7.34. The molecule has 0 fully saturated rings. The molecule has 0 saturated heterocycles. The lowest BCUT2D eigenvalue weighted by molar-refractivity contribution is -0.384. The van der Waals surface area contributed by atoms with E-state index < -0.39 is 12.5 Å². The minimum Gasteiger partial charge on any atom is -0.424 e. The number of hydrogen-bond donors (Lipinski definition) is 0. The Morgan fingerprint density at radius 2 is 1.70 bits per heavy atom. The molecular weight excluding hydrogens is 325 g/mol. The first kappa shape index (κ1) is 19.6. The van der Waals surface area contributed by atoms with Crippen LogP contribution in [0.15, 0.2) is 24.3 Å². The molecule has 1 rings (SSSR count). The van der Waals surface area contributed by atoms with Gasteiger partial charge in [-0.05, 0) is 26.0 Å². The molecule has 0 aliphatic rings. The highest BCUT2D eigenvalue weighted by molar-refractivity contribution is 7.54. The zero-order valence-electron chi connectivity index (χ0n) is 13.3. The normalized spacial score (nSPS) is 13.5. The monoisotopic (exact) mass is 347 g/mol. The average Bonchev–Trinajstić information content (AvgIpc) is 2.51. The van der Waals surface area contributed by atoms with Crippen LogP contribution in [0.25, 0.3) is 0 Å². The van der Waals surface area contributed by atoms with Crippen molar-refractivity contribution < 1.29 is 28.0 Å². The van der Waals surface area contributed by atoms with Crippen LogP contribution in [-0.4, -0.2) is 44.1 Å². The van der Waals surface area contributed by atoms with Gasteiger partial charge >= 0.3 is 7.60 Å². The van der Waals surface area contributed by atoms with Crippen LogP contribution in [0.5, 0.6) is 5.75 Å². The van der Waals surface area contributed by atoms with E-state index in [1.54, 1.807) is 6.92 Å². The average molecular weight is 347 g/mol. The van der Waals surface area contributed by atoms with Crippen LogP contribution >= 0.6 is 7.60 Å². The number of nitro groups is 1. The maximum atomic E-state index is 12.6. The summed E-state index contributed by atoms with van der Waals surface area (Å²) in [5, 5.41) is 10.6. The fourth-order valence-electron chi connectivity index (χ4n) is 1.66. The molecule has 9 heteroatoms. The molecule has 0 amide bonds. The molecule has 8 nitrogen and oxygen atoms in total. The summed E-state index contributed by atoms with van der Waals surface area (Å²) in [6, 6.07) is 5.34. The van der Waals surface area contributed by atoms with Crippen molar-refractivity contribution in [3.05, 3.63) is 34.4 Å². The van der Waals surface area contributed by atoms with E-state index in [1.165, 1.54) is 24.3 Å². The van der Waals surface area contributed by atoms with E-state index >= 15 is 0 Å². The summed E-state index contributed by atoms with van der Waals surface area (Å²) in [6.07, 6.45) is 0.0873. The van der Waals surface area contributed by atoms with Crippen LogP contribution in [-0.2, 0) is 18.6 Å². The topological polar surface area (TPSA) is 97.1 Å². The second-order valence-electron chi connectivity index (χ2n) is 4.40. The van der Waals surface area contributed by atoms with Crippen molar-refractivity contribution in [2.45, 2.75) is 13.8 Å². The lowest BCUT2D eigenvalue weighted by atomic mass is 10.3. The van der Waals surface area contributed by atoms with Gasteiger partial charge in [-0.25, -0.2) is 4.57 Å². The van der Waals surface area contributed by atoms with Crippen LogP contribution in [0.2, 0.25) is 0 Å². The minimum absolute atomic E-state index is 0.0668. The van der Waals surface area contributed by atoms with Gasteiger partial charge in [-0.15, -0.1) is 0 Å². The van der Waals surface area contributed by atoms with Crippen molar-refractivity contribution in [2.75, 3.05) is 39.2 Å². The summed E-state index contributed by atoms with van der Waals surface area (Å²) in [5.74, 6) is 0.252. The Labute approximate surface area is 135 Å². The molecule has 0 bridgehead atoms. The molecule has 0 aliphatic heterocycles. The molecule has 1 aromatic rings. The largest absolute Gasteiger partial charge is 0.424 e. The Hall–Kier alpha value is -1.47. The Bertz CT molecular complexity index is 520. The van der Waals surface area contributed by atoms with E-state index in [2.05, 4.69) is 0 Å². The molecule has 130 valence electrons. The van der Waals surface area contributed by atoms with E-state index in [9.17, 15) is 14.7 Å². The Kier molecular flexibility index (Phi) is 8.79. The summed E-state index contributed by atoms with van der Waals surface area (Å²) in [6.45, 7) is 5.52. The van der Waals surface area contributed by atoms with Gasteiger partial charge in [0.15, 0.2) is 0 Å². The Morgan fingerprint density at radius 1 is 1.04 bits per heavy atom. The maximum Gasteiger partial charge on any atom is 0.381 e. The lowest BCUT2D eigenvalue weighted by Crippen LogP contribution is -2.11. The van der Waals surface area contributed by atoms with Gasteiger partial charge in [-0.2, -0.15) is 0 Å². The van der Waals surface area contributed by atoms with E-state index in [-0.39, 0.29) is 30.8 Å². The predicted octanol–water partition coefficient (Wildman–Crippen LogP) is 3.26. The van der Waals surface area contributed by atoms with Crippen LogP contribution in [0, 0.1) is 10.1 Å². The molecule has 0 spiro atoms. The molecular formula is C14H22NO7P. The molecule has 0 saturated carbocycles. The third-order valence-corrected chi connectivity index (χ3v) is 4.57. The maximum absolute atomic E-state index is 12.6. The van der Waals surface area contributed by atoms with Crippen molar-refractivity contribution in [3.8, 4) is 5.75 Å². The number of ether oxygens (including phenoxy) is 2. The van der Waals surface area contributed by atoms with Crippen LogP contribution in [0.3, 0.4) is 0 Å². The number of nitro benzene ring substituents is 1. The van der Waals surface area contributed by atoms with E-state index in [4.69, 9.17) is 18.5 Å². The third-order valence-electron chi connectivity index (χ3n) is 2.70. The minimum atomic E-state index is -3.37. The SMILES string of the molecule is CCOCCOCCP(=O)(OCC)Oc1ccc([N+](=O)[O-])cc1. The molecule has 0 heterocycles. The number of non-ortho nitro benzene ring substituents is 1. The van der Waals surface area contributed by atoms with E-state index in [0.717, 1.165) is 0 Å². The van der Waals surface area contributed by atoms with Gasteiger partial charge in [0, 0.05) is 18.7 Å². The van der Waals surface area contributed by atoms with Crippen LogP contribution in [0.1, 0.15) is 13.8 Å². The second kappa shape index (κ2) is 10.3. The molecule has 0 aromatic heterocycles. The standard InChI is InChI=1S/C14H22NO7P/c1-3-19-9-10-20-11-12-23(18,21-4-2)22-14-7-5-13(6-8-14)15(16)17/h5-8H,3-4,9-12H2,1-2H3. The van der Waals surface area contributed by atoms with Gasteiger partial charge in [0.05, 0.1) is 37.5 Å². The van der Waals surface area contributed by atoms with Gasteiger partial charge in [0.2, 0.25) is 0 Å². The summed E-state index contributed by atoms with van der Waals surface area (Å²) >= 11 is 0. The molecule has 0 aliphatic carbocycles. The highest BCUT2D eigenvalue weighted by atomic mass is 31.2. The zero-order valence-corrected chi connectivity index (χ0v) is 14.2. The van der Waals surface area contributed by atoms with Crippen molar-refractivity contribution >= 4 is 13.3 Å². The second-order valence-corrected chi connectivity index (χ2v) is 6.51. The van der Waals surface area contributed by atoms with Crippen molar-refractivity contribution in [2.24, 2.45) is 0 Å². The molecule has 0 N–H and O–H groups in total. The van der Waals surface area contributed by atoms with Crippen molar-refractivity contribution in [1.29, 1.82) is 0 Å². The number of rotatable bonds is 12. The van der Waals surface area contributed by atoms with E-state index in [1.807, 2.05) is 6.92 Å². The van der Waals surface area contributed by atoms with Gasteiger partial charge in [0.25, 0.3) is 5.69 Å². The molecule has 1 unspecified atom stereocenters. The molecule has 1 aromatic carbocycles. The fourth-order valence-corrected chi connectivity index (χ4v) is 3.13. The Morgan fingerprint density at radius 3 is 2.26 bits per heavy atom. The molecule has 1 atom stereocenters. The highest BCUT2D eigenvalue weighted by Gasteiger charge is 2.25.